The Balaban J connectivity index is 1.53. The summed E-state index contributed by atoms with van der Waals surface area (Å²) >= 11 is 0. The van der Waals surface area contributed by atoms with E-state index in [-0.39, 0.29) is 5.69 Å². The standard InChI is InChI=1S/C20H16FN5O/c1-12-18-15(10-11-22-19(18)26-25-12)13-6-8-14(9-7-13)23-20(27)24-17-5-3-2-4-16(17)21/h2-11H,1H3,(H,22,25,26)(H2,23,24,27). The first-order chi connectivity index (χ1) is 13.1. The molecule has 0 aliphatic heterocycles. The van der Waals surface area contributed by atoms with E-state index in [4.69, 9.17) is 0 Å². The second-order valence-electron chi connectivity index (χ2n) is 6.04. The normalized spacial score (nSPS) is 10.7. The molecule has 134 valence electrons. The van der Waals surface area contributed by atoms with Gasteiger partial charge in [-0.05, 0) is 48.4 Å². The van der Waals surface area contributed by atoms with Crippen LogP contribution in [-0.2, 0) is 0 Å². The molecule has 2 aromatic carbocycles. The SMILES string of the molecule is Cc1[nH]nc2nccc(-c3ccc(NC(=O)Nc4ccccc4F)cc3)c12. The van der Waals surface area contributed by atoms with Crippen molar-refractivity contribution in [2.24, 2.45) is 0 Å². The van der Waals surface area contributed by atoms with Crippen molar-refractivity contribution in [3.63, 3.8) is 0 Å². The molecule has 0 unspecified atom stereocenters. The smallest absolute Gasteiger partial charge is 0.308 e. The van der Waals surface area contributed by atoms with E-state index in [0.717, 1.165) is 22.2 Å². The van der Waals surface area contributed by atoms with Crippen LogP contribution in [0.15, 0.2) is 60.8 Å². The Morgan fingerprint density at radius 1 is 1.04 bits per heavy atom. The fourth-order valence-corrected chi connectivity index (χ4v) is 2.92. The predicted octanol–water partition coefficient (Wildman–Crippen LogP) is 4.72. The van der Waals surface area contributed by atoms with Gasteiger partial charge in [0.1, 0.15) is 5.82 Å². The molecular formula is C20H16FN5O. The Morgan fingerprint density at radius 2 is 1.81 bits per heavy atom. The predicted molar refractivity (Wildman–Crippen MR) is 103 cm³/mol. The molecule has 27 heavy (non-hydrogen) atoms. The minimum atomic E-state index is -0.509. The molecule has 6 nitrogen and oxygen atoms in total. The molecule has 4 rings (SSSR count). The van der Waals surface area contributed by atoms with Crippen LogP contribution in [-0.4, -0.2) is 21.2 Å². The second-order valence-corrected chi connectivity index (χ2v) is 6.04. The van der Waals surface area contributed by atoms with Crippen molar-refractivity contribution < 1.29 is 9.18 Å². The number of nitrogens with zero attached hydrogens (tertiary/aromatic N) is 2. The van der Waals surface area contributed by atoms with Crippen molar-refractivity contribution >= 4 is 28.4 Å². The number of benzene rings is 2. The summed E-state index contributed by atoms with van der Waals surface area (Å²) in [6.45, 7) is 1.95. The van der Waals surface area contributed by atoms with Gasteiger partial charge in [0.05, 0.1) is 5.69 Å². The summed E-state index contributed by atoms with van der Waals surface area (Å²) in [5.41, 5.74) is 4.32. The zero-order chi connectivity index (χ0) is 18.8. The number of hydrogen-bond acceptors (Lipinski definition) is 3. The molecule has 4 aromatic rings. The van der Waals surface area contributed by atoms with Gasteiger partial charge in [-0.15, -0.1) is 0 Å². The quantitative estimate of drug-likeness (QED) is 0.494. The van der Waals surface area contributed by atoms with Gasteiger partial charge in [-0.25, -0.2) is 14.2 Å². The van der Waals surface area contributed by atoms with E-state index >= 15 is 0 Å². The van der Waals surface area contributed by atoms with Gasteiger partial charge in [-0.3, -0.25) is 5.10 Å². The summed E-state index contributed by atoms with van der Waals surface area (Å²) in [7, 11) is 0. The van der Waals surface area contributed by atoms with E-state index in [1.165, 1.54) is 12.1 Å². The third-order valence-electron chi connectivity index (χ3n) is 4.21. The zero-order valence-electron chi connectivity index (χ0n) is 14.5. The van der Waals surface area contributed by atoms with Crippen LogP contribution in [0, 0.1) is 12.7 Å². The maximum atomic E-state index is 13.6. The molecule has 2 amide bonds. The van der Waals surface area contributed by atoms with Crippen LogP contribution in [0.2, 0.25) is 0 Å². The van der Waals surface area contributed by atoms with Gasteiger partial charge in [0.15, 0.2) is 5.65 Å². The van der Waals surface area contributed by atoms with Crippen LogP contribution in [0.3, 0.4) is 0 Å². The van der Waals surface area contributed by atoms with E-state index in [2.05, 4.69) is 25.8 Å². The minimum absolute atomic E-state index is 0.126. The maximum Gasteiger partial charge on any atom is 0.323 e. The number of aryl methyl sites for hydroxylation is 1. The molecule has 2 heterocycles. The highest BCUT2D eigenvalue weighted by molar-refractivity contribution is 6.00. The molecule has 0 aliphatic rings. The van der Waals surface area contributed by atoms with E-state index < -0.39 is 11.8 Å². The fourth-order valence-electron chi connectivity index (χ4n) is 2.92. The van der Waals surface area contributed by atoms with Crippen molar-refractivity contribution in [3.05, 3.63) is 72.3 Å². The summed E-state index contributed by atoms with van der Waals surface area (Å²) < 4.78 is 13.6. The highest BCUT2D eigenvalue weighted by atomic mass is 19.1. The molecule has 0 aliphatic carbocycles. The molecule has 0 saturated carbocycles. The van der Waals surface area contributed by atoms with Crippen molar-refractivity contribution in [3.8, 4) is 11.1 Å². The molecular weight excluding hydrogens is 345 g/mol. The van der Waals surface area contributed by atoms with Crippen LogP contribution in [0.4, 0.5) is 20.6 Å². The van der Waals surface area contributed by atoms with E-state index in [0.29, 0.717) is 11.3 Å². The monoisotopic (exact) mass is 361 g/mol. The number of halogens is 1. The van der Waals surface area contributed by atoms with E-state index in [9.17, 15) is 9.18 Å². The lowest BCUT2D eigenvalue weighted by molar-refractivity contribution is 0.262. The van der Waals surface area contributed by atoms with Crippen LogP contribution < -0.4 is 10.6 Å². The number of aromatic amines is 1. The zero-order valence-corrected chi connectivity index (χ0v) is 14.5. The summed E-state index contributed by atoms with van der Waals surface area (Å²) in [4.78, 5) is 16.3. The lowest BCUT2D eigenvalue weighted by Gasteiger charge is -2.09. The number of hydrogen-bond donors (Lipinski definition) is 3. The highest BCUT2D eigenvalue weighted by Gasteiger charge is 2.11. The van der Waals surface area contributed by atoms with Crippen molar-refractivity contribution in [2.75, 3.05) is 10.6 Å². The summed E-state index contributed by atoms with van der Waals surface area (Å²) in [6, 6.07) is 14.8. The molecule has 0 radical (unpaired) electrons. The molecule has 3 N–H and O–H groups in total. The first-order valence-corrected chi connectivity index (χ1v) is 8.34. The number of rotatable bonds is 3. The number of pyridine rings is 1. The topological polar surface area (TPSA) is 82.7 Å². The molecule has 2 aromatic heterocycles. The van der Waals surface area contributed by atoms with Gasteiger partial charge in [0, 0.05) is 23.0 Å². The lowest BCUT2D eigenvalue weighted by Crippen LogP contribution is -2.20. The average molecular weight is 361 g/mol. The van der Waals surface area contributed by atoms with Gasteiger partial charge in [0.25, 0.3) is 0 Å². The number of fused-ring (bicyclic) bond motifs is 1. The summed E-state index contributed by atoms with van der Waals surface area (Å²) in [6.07, 6.45) is 1.71. The fraction of sp³-hybridized carbons (Fsp3) is 0.0500. The van der Waals surface area contributed by atoms with Gasteiger partial charge in [-0.1, -0.05) is 24.3 Å². The number of amides is 2. The van der Waals surface area contributed by atoms with Gasteiger partial charge in [-0.2, -0.15) is 5.10 Å². The third-order valence-corrected chi connectivity index (χ3v) is 4.21. The lowest BCUT2D eigenvalue weighted by atomic mass is 10.0. The molecule has 0 spiro atoms. The van der Waals surface area contributed by atoms with Crippen LogP contribution in [0.25, 0.3) is 22.2 Å². The number of urea groups is 1. The Hall–Kier alpha value is -3.74. The number of H-pyrrole nitrogens is 1. The van der Waals surface area contributed by atoms with E-state index in [1.54, 1.807) is 30.5 Å². The Morgan fingerprint density at radius 3 is 2.59 bits per heavy atom. The Labute approximate surface area is 154 Å². The minimum Gasteiger partial charge on any atom is -0.308 e. The number of aromatic nitrogens is 3. The summed E-state index contributed by atoms with van der Waals surface area (Å²) in [5.74, 6) is -0.486. The summed E-state index contributed by atoms with van der Waals surface area (Å²) in [5, 5.41) is 13.3. The first kappa shape index (κ1) is 16.7. The number of carbonyl (C=O) groups is 1. The van der Waals surface area contributed by atoms with Crippen molar-refractivity contribution in [1.29, 1.82) is 0 Å². The van der Waals surface area contributed by atoms with Gasteiger partial charge in [0.2, 0.25) is 0 Å². The van der Waals surface area contributed by atoms with E-state index in [1.807, 2.05) is 25.1 Å². The largest absolute Gasteiger partial charge is 0.323 e. The molecule has 7 heteroatoms. The molecule has 0 saturated heterocycles. The van der Waals surface area contributed by atoms with Crippen molar-refractivity contribution in [1.82, 2.24) is 15.2 Å². The highest BCUT2D eigenvalue weighted by Crippen LogP contribution is 2.29. The Kier molecular flexibility index (Phi) is 4.25. The molecule has 0 bridgehead atoms. The van der Waals surface area contributed by atoms with Gasteiger partial charge < -0.3 is 10.6 Å². The number of nitrogens with one attached hydrogen (secondary N) is 3. The van der Waals surface area contributed by atoms with Crippen LogP contribution >= 0.6 is 0 Å². The maximum absolute atomic E-state index is 13.6. The Bertz CT molecular complexity index is 1120. The first-order valence-electron chi connectivity index (χ1n) is 8.34. The second kappa shape index (κ2) is 6.87. The number of anilines is 2. The average Bonchev–Trinajstić information content (AvgIpc) is 3.06. The van der Waals surface area contributed by atoms with Crippen molar-refractivity contribution in [2.45, 2.75) is 6.92 Å². The number of carbonyl (C=O) groups excluding carboxylic acids is 1. The third kappa shape index (κ3) is 3.35. The molecule has 0 atom stereocenters. The van der Waals surface area contributed by atoms with Crippen LogP contribution in [0.5, 0.6) is 0 Å². The molecule has 0 fully saturated rings. The number of para-hydroxylation sites is 1. The van der Waals surface area contributed by atoms with Crippen LogP contribution in [0.1, 0.15) is 5.69 Å². The van der Waals surface area contributed by atoms with Gasteiger partial charge >= 0.3 is 6.03 Å².